The number of hydrogen-bond acceptors (Lipinski definition) is 1. The molecule has 0 radical (unpaired) electrons. The Kier molecular flexibility index (Phi) is 2.99. The first-order valence-corrected chi connectivity index (χ1v) is 7.49. The molecule has 4 fully saturated rings. The van der Waals surface area contributed by atoms with Crippen molar-refractivity contribution in [2.75, 3.05) is 6.54 Å². The fourth-order valence-corrected chi connectivity index (χ4v) is 4.74. The third-order valence-electron chi connectivity index (χ3n) is 5.63. The molecule has 0 aromatic heterocycles. The zero-order valence-electron chi connectivity index (χ0n) is 10.9. The second kappa shape index (κ2) is 4.33. The van der Waals surface area contributed by atoms with Gasteiger partial charge in [0.1, 0.15) is 0 Å². The van der Waals surface area contributed by atoms with Gasteiger partial charge in [-0.15, -0.1) is 0 Å². The van der Waals surface area contributed by atoms with Gasteiger partial charge >= 0.3 is 0 Å². The Hall–Kier alpha value is -0.0400. The highest BCUT2D eigenvalue weighted by molar-refractivity contribution is 5.01. The van der Waals surface area contributed by atoms with Gasteiger partial charge < -0.3 is 5.32 Å². The minimum atomic E-state index is 0.859. The quantitative estimate of drug-likeness (QED) is 0.767. The normalized spacial score (nSPS) is 47.2. The second-order valence-electron chi connectivity index (χ2n) is 6.88. The SMILES string of the molecule is CCC(C)CNC1C2CC3CC(C2)CC1C3. The van der Waals surface area contributed by atoms with E-state index in [-0.39, 0.29) is 0 Å². The highest BCUT2D eigenvalue weighted by atomic mass is 14.9. The van der Waals surface area contributed by atoms with Crippen LogP contribution in [0.5, 0.6) is 0 Å². The maximum atomic E-state index is 3.92. The fourth-order valence-electron chi connectivity index (χ4n) is 4.74. The minimum Gasteiger partial charge on any atom is -0.313 e. The van der Waals surface area contributed by atoms with Crippen LogP contribution in [-0.2, 0) is 0 Å². The molecule has 0 spiro atoms. The maximum absolute atomic E-state index is 3.92. The van der Waals surface area contributed by atoms with Gasteiger partial charge in [-0.1, -0.05) is 20.3 Å². The van der Waals surface area contributed by atoms with Gasteiger partial charge in [-0.25, -0.2) is 0 Å². The van der Waals surface area contributed by atoms with Gasteiger partial charge in [0.15, 0.2) is 0 Å². The standard InChI is InChI=1S/C15H27N/c1-3-10(2)9-16-15-13-5-11-4-12(7-13)8-14(15)6-11/h10-16H,3-9H2,1-2H3. The average Bonchev–Trinajstić information content (AvgIpc) is 2.26. The van der Waals surface area contributed by atoms with Gasteiger partial charge in [0.25, 0.3) is 0 Å². The topological polar surface area (TPSA) is 12.0 Å². The lowest BCUT2D eigenvalue weighted by Crippen LogP contribution is -2.55. The summed E-state index contributed by atoms with van der Waals surface area (Å²) in [6.07, 6.45) is 9.08. The van der Waals surface area contributed by atoms with E-state index in [2.05, 4.69) is 19.2 Å². The molecule has 4 aliphatic carbocycles. The van der Waals surface area contributed by atoms with E-state index in [1.165, 1.54) is 13.0 Å². The molecular weight excluding hydrogens is 194 g/mol. The van der Waals surface area contributed by atoms with Gasteiger partial charge in [-0.3, -0.25) is 0 Å². The van der Waals surface area contributed by atoms with Crippen molar-refractivity contribution in [3.63, 3.8) is 0 Å². The lowest BCUT2D eigenvalue weighted by molar-refractivity contribution is -0.0146. The highest BCUT2D eigenvalue weighted by Crippen LogP contribution is 2.53. The molecular formula is C15H27N. The van der Waals surface area contributed by atoms with E-state index in [1.807, 2.05) is 0 Å². The van der Waals surface area contributed by atoms with E-state index >= 15 is 0 Å². The molecule has 0 heterocycles. The third-order valence-corrected chi connectivity index (χ3v) is 5.63. The summed E-state index contributed by atoms with van der Waals surface area (Å²) in [5, 5.41) is 3.92. The van der Waals surface area contributed by atoms with Crippen LogP contribution in [0.2, 0.25) is 0 Å². The molecule has 1 heteroatoms. The Balaban J connectivity index is 1.59. The fraction of sp³-hybridized carbons (Fsp3) is 1.00. The summed E-state index contributed by atoms with van der Waals surface area (Å²) in [7, 11) is 0. The summed E-state index contributed by atoms with van der Waals surface area (Å²) >= 11 is 0. The Labute approximate surface area is 100 Å². The van der Waals surface area contributed by atoms with Crippen LogP contribution < -0.4 is 5.32 Å². The van der Waals surface area contributed by atoms with Crippen LogP contribution in [0.25, 0.3) is 0 Å². The first kappa shape index (κ1) is 11.1. The van der Waals surface area contributed by atoms with Crippen LogP contribution in [0.4, 0.5) is 0 Å². The van der Waals surface area contributed by atoms with Crippen LogP contribution in [-0.4, -0.2) is 12.6 Å². The minimum absolute atomic E-state index is 0.859. The molecule has 0 aromatic carbocycles. The van der Waals surface area contributed by atoms with Gasteiger partial charge in [-0.2, -0.15) is 0 Å². The molecule has 0 saturated heterocycles. The molecule has 4 bridgehead atoms. The van der Waals surface area contributed by atoms with Crippen molar-refractivity contribution >= 4 is 0 Å². The van der Waals surface area contributed by atoms with E-state index < -0.39 is 0 Å². The van der Waals surface area contributed by atoms with Crippen LogP contribution in [0.1, 0.15) is 52.4 Å². The predicted octanol–water partition coefficient (Wildman–Crippen LogP) is 3.45. The lowest BCUT2D eigenvalue weighted by Gasteiger charge is -2.54. The summed E-state index contributed by atoms with van der Waals surface area (Å²) < 4.78 is 0. The molecule has 0 amide bonds. The molecule has 0 aromatic rings. The summed E-state index contributed by atoms with van der Waals surface area (Å²) in [5.41, 5.74) is 0. The number of rotatable bonds is 4. The smallest absolute Gasteiger partial charge is 0.0124 e. The van der Waals surface area contributed by atoms with Crippen LogP contribution >= 0.6 is 0 Å². The third kappa shape index (κ3) is 1.92. The first-order chi connectivity index (χ1) is 7.76. The number of hydrogen-bond donors (Lipinski definition) is 1. The van der Waals surface area contributed by atoms with Gasteiger partial charge in [0.2, 0.25) is 0 Å². The zero-order chi connectivity index (χ0) is 11.1. The Morgan fingerprint density at radius 3 is 2.06 bits per heavy atom. The van der Waals surface area contributed by atoms with Crippen LogP contribution in [0, 0.1) is 29.6 Å². The maximum Gasteiger partial charge on any atom is 0.0124 e. The highest BCUT2D eigenvalue weighted by Gasteiger charge is 2.47. The van der Waals surface area contributed by atoms with Crippen molar-refractivity contribution in [3.05, 3.63) is 0 Å². The van der Waals surface area contributed by atoms with Crippen molar-refractivity contribution < 1.29 is 0 Å². The van der Waals surface area contributed by atoms with E-state index in [4.69, 9.17) is 0 Å². The van der Waals surface area contributed by atoms with Gasteiger partial charge in [-0.05, 0) is 68.2 Å². The van der Waals surface area contributed by atoms with E-state index in [1.54, 1.807) is 32.1 Å². The second-order valence-corrected chi connectivity index (χ2v) is 6.88. The van der Waals surface area contributed by atoms with Crippen molar-refractivity contribution in [2.45, 2.75) is 58.4 Å². The van der Waals surface area contributed by atoms with E-state index in [0.29, 0.717) is 0 Å². The molecule has 4 saturated carbocycles. The van der Waals surface area contributed by atoms with Crippen molar-refractivity contribution in [1.29, 1.82) is 0 Å². The predicted molar refractivity (Wildman–Crippen MR) is 68.3 cm³/mol. The molecule has 92 valence electrons. The summed E-state index contributed by atoms with van der Waals surface area (Å²) in [5.74, 6) is 5.17. The molecule has 0 aliphatic heterocycles. The molecule has 1 nitrogen and oxygen atoms in total. The molecule has 1 unspecified atom stereocenters. The van der Waals surface area contributed by atoms with Gasteiger partial charge in [0.05, 0.1) is 0 Å². The van der Waals surface area contributed by atoms with E-state index in [9.17, 15) is 0 Å². The average molecular weight is 221 g/mol. The van der Waals surface area contributed by atoms with Crippen LogP contribution in [0.3, 0.4) is 0 Å². The molecule has 4 rings (SSSR count). The monoisotopic (exact) mass is 221 g/mol. The van der Waals surface area contributed by atoms with Gasteiger partial charge in [0, 0.05) is 6.04 Å². The number of nitrogens with one attached hydrogen (secondary N) is 1. The Bertz CT molecular complexity index is 220. The largest absolute Gasteiger partial charge is 0.313 e. The summed E-state index contributed by atoms with van der Waals surface area (Å²) in [4.78, 5) is 0. The van der Waals surface area contributed by atoms with Crippen molar-refractivity contribution in [2.24, 2.45) is 29.6 Å². The van der Waals surface area contributed by atoms with Crippen LogP contribution in [0.15, 0.2) is 0 Å². The molecule has 1 atom stereocenters. The zero-order valence-corrected chi connectivity index (χ0v) is 10.9. The first-order valence-electron chi connectivity index (χ1n) is 7.49. The molecule has 4 aliphatic rings. The van der Waals surface area contributed by atoms with Crippen molar-refractivity contribution in [1.82, 2.24) is 5.32 Å². The summed E-state index contributed by atoms with van der Waals surface area (Å²) in [6.45, 7) is 5.94. The Morgan fingerprint density at radius 1 is 1.00 bits per heavy atom. The van der Waals surface area contributed by atoms with E-state index in [0.717, 1.165) is 35.6 Å². The lowest BCUT2D eigenvalue weighted by atomic mass is 9.54. The van der Waals surface area contributed by atoms with Crippen molar-refractivity contribution in [3.8, 4) is 0 Å². The Morgan fingerprint density at radius 2 is 1.56 bits per heavy atom. The molecule has 1 N–H and O–H groups in total. The molecule has 16 heavy (non-hydrogen) atoms. The summed E-state index contributed by atoms with van der Waals surface area (Å²) in [6, 6.07) is 0.891.